The minimum absolute atomic E-state index is 0.133. The molecule has 0 radical (unpaired) electrons. The summed E-state index contributed by atoms with van der Waals surface area (Å²) in [4.78, 5) is 11.8. The minimum Gasteiger partial charge on any atom is -0.287 e. The first-order valence-electron chi connectivity index (χ1n) is 3.13. The maximum atomic E-state index is 10.7. The molecule has 0 aliphatic carbocycles. The quantitative estimate of drug-likeness (QED) is 0.580. The van der Waals surface area contributed by atoms with E-state index in [2.05, 4.69) is 22.6 Å². The van der Waals surface area contributed by atoms with Crippen LogP contribution in [0.5, 0.6) is 0 Å². The Kier molecular flexibility index (Phi) is 3.39. The van der Waals surface area contributed by atoms with Crippen LogP contribution in [0.15, 0.2) is 29.2 Å². The summed E-state index contributed by atoms with van der Waals surface area (Å²) in [6, 6.07) is 7.85. The second kappa shape index (κ2) is 4.11. The molecule has 0 unspecified atom stereocenters. The molecule has 0 spiro atoms. The molecular weight excluding hydrogens is 271 g/mol. The van der Waals surface area contributed by atoms with Crippen LogP contribution in [0.25, 0.3) is 0 Å². The zero-order valence-electron chi connectivity index (χ0n) is 6.00. The number of hydrogen-bond acceptors (Lipinski definition) is 2. The molecule has 0 saturated carbocycles. The third-order valence-corrected chi connectivity index (χ3v) is 3.26. The van der Waals surface area contributed by atoms with Crippen LogP contribution in [0.3, 0.4) is 0 Å². The SMILES string of the molecule is CC(=O)Sc1ccccc1I. The van der Waals surface area contributed by atoms with Crippen LogP contribution >= 0.6 is 34.4 Å². The first-order valence-corrected chi connectivity index (χ1v) is 5.02. The van der Waals surface area contributed by atoms with Crippen LogP contribution < -0.4 is 0 Å². The molecule has 0 aliphatic rings. The number of benzene rings is 1. The second-order valence-corrected chi connectivity index (χ2v) is 4.41. The van der Waals surface area contributed by atoms with Crippen LogP contribution in [-0.2, 0) is 4.79 Å². The van der Waals surface area contributed by atoms with Gasteiger partial charge in [-0.25, -0.2) is 0 Å². The van der Waals surface area contributed by atoms with E-state index in [0.29, 0.717) is 0 Å². The summed E-state index contributed by atoms with van der Waals surface area (Å²) in [6.07, 6.45) is 0. The van der Waals surface area contributed by atoms with Gasteiger partial charge in [0.05, 0.1) is 0 Å². The Balaban J connectivity index is 2.86. The van der Waals surface area contributed by atoms with Crippen LogP contribution in [0, 0.1) is 3.57 Å². The first kappa shape index (κ1) is 9.06. The molecule has 0 fully saturated rings. The predicted octanol–water partition coefficient (Wildman–Crippen LogP) is 2.93. The molecule has 11 heavy (non-hydrogen) atoms. The molecule has 0 aromatic heterocycles. The smallest absolute Gasteiger partial charge is 0.190 e. The van der Waals surface area contributed by atoms with E-state index in [1.165, 1.54) is 11.8 Å². The van der Waals surface area contributed by atoms with Gasteiger partial charge in [0.25, 0.3) is 0 Å². The van der Waals surface area contributed by atoms with Crippen molar-refractivity contribution < 1.29 is 4.79 Å². The molecule has 0 N–H and O–H groups in total. The molecule has 0 saturated heterocycles. The van der Waals surface area contributed by atoms with Crippen LogP contribution in [0.4, 0.5) is 0 Å². The fraction of sp³-hybridized carbons (Fsp3) is 0.125. The molecule has 0 bridgehead atoms. The Hall–Kier alpha value is -0.0300. The van der Waals surface area contributed by atoms with Gasteiger partial charge in [-0.3, -0.25) is 4.79 Å². The van der Waals surface area contributed by atoms with Gasteiger partial charge in [0.1, 0.15) is 0 Å². The Morgan fingerprint density at radius 1 is 1.45 bits per heavy atom. The Labute approximate surface area is 83.7 Å². The van der Waals surface area contributed by atoms with E-state index < -0.39 is 0 Å². The van der Waals surface area contributed by atoms with E-state index in [-0.39, 0.29) is 5.12 Å². The molecule has 1 aromatic carbocycles. The highest BCUT2D eigenvalue weighted by atomic mass is 127. The number of carbonyl (C=O) groups excluding carboxylic acids is 1. The van der Waals surface area contributed by atoms with Gasteiger partial charge in [0.2, 0.25) is 0 Å². The van der Waals surface area contributed by atoms with Crippen molar-refractivity contribution in [3.8, 4) is 0 Å². The minimum atomic E-state index is 0.133. The topological polar surface area (TPSA) is 17.1 Å². The monoisotopic (exact) mass is 278 g/mol. The van der Waals surface area contributed by atoms with Crippen molar-refractivity contribution >= 4 is 39.5 Å². The second-order valence-electron chi connectivity index (χ2n) is 2.02. The summed E-state index contributed by atoms with van der Waals surface area (Å²) in [6.45, 7) is 1.58. The standard InChI is InChI=1S/C8H7IOS/c1-6(10)11-8-5-3-2-4-7(8)9/h2-5H,1H3. The number of halogens is 1. The van der Waals surface area contributed by atoms with Crippen molar-refractivity contribution in [2.75, 3.05) is 0 Å². The molecule has 0 amide bonds. The highest BCUT2D eigenvalue weighted by molar-refractivity contribution is 14.1. The highest BCUT2D eigenvalue weighted by Gasteiger charge is 2.00. The first-order chi connectivity index (χ1) is 5.20. The number of carbonyl (C=O) groups is 1. The number of rotatable bonds is 1. The van der Waals surface area contributed by atoms with Gasteiger partial charge in [0.15, 0.2) is 5.12 Å². The highest BCUT2D eigenvalue weighted by Crippen LogP contribution is 2.23. The van der Waals surface area contributed by atoms with Gasteiger partial charge in [-0.2, -0.15) is 0 Å². The van der Waals surface area contributed by atoms with Crippen LogP contribution in [0.1, 0.15) is 6.92 Å². The summed E-state index contributed by atoms with van der Waals surface area (Å²) in [5.41, 5.74) is 0. The normalized spacial score (nSPS) is 9.64. The van der Waals surface area contributed by atoms with Crippen LogP contribution in [-0.4, -0.2) is 5.12 Å². The summed E-state index contributed by atoms with van der Waals surface area (Å²) >= 11 is 3.50. The third kappa shape index (κ3) is 2.83. The van der Waals surface area contributed by atoms with Gasteiger partial charge in [-0.05, 0) is 34.7 Å². The van der Waals surface area contributed by atoms with Gasteiger partial charge in [0, 0.05) is 15.4 Å². The number of thioether (sulfide) groups is 1. The average Bonchev–Trinajstić information content (AvgIpc) is 1.93. The fourth-order valence-corrected chi connectivity index (χ4v) is 2.02. The molecule has 3 heteroatoms. The van der Waals surface area contributed by atoms with Crippen molar-refractivity contribution in [2.45, 2.75) is 11.8 Å². The largest absolute Gasteiger partial charge is 0.287 e. The molecule has 1 aromatic rings. The zero-order valence-corrected chi connectivity index (χ0v) is 8.98. The summed E-state index contributed by atoms with van der Waals surface area (Å²) < 4.78 is 1.13. The molecule has 1 nitrogen and oxygen atoms in total. The van der Waals surface area contributed by atoms with Crippen molar-refractivity contribution in [1.29, 1.82) is 0 Å². The van der Waals surface area contributed by atoms with Crippen molar-refractivity contribution in [2.24, 2.45) is 0 Å². The summed E-state index contributed by atoms with van der Waals surface area (Å²) in [7, 11) is 0. The summed E-state index contributed by atoms with van der Waals surface area (Å²) in [5.74, 6) is 0. The summed E-state index contributed by atoms with van der Waals surface area (Å²) in [5, 5.41) is 0.133. The molecule has 0 heterocycles. The van der Waals surface area contributed by atoms with E-state index in [1.54, 1.807) is 6.92 Å². The van der Waals surface area contributed by atoms with E-state index >= 15 is 0 Å². The van der Waals surface area contributed by atoms with E-state index in [9.17, 15) is 4.79 Å². The van der Waals surface area contributed by atoms with Gasteiger partial charge in [-0.15, -0.1) is 0 Å². The van der Waals surface area contributed by atoms with Gasteiger partial charge < -0.3 is 0 Å². The molecule has 0 aliphatic heterocycles. The molecule has 0 atom stereocenters. The molecule has 58 valence electrons. The van der Waals surface area contributed by atoms with Crippen molar-refractivity contribution in [3.63, 3.8) is 0 Å². The predicted molar refractivity (Wildman–Crippen MR) is 55.7 cm³/mol. The Bertz CT molecular complexity index is 273. The van der Waals surface area contributed by atoms with E-state index in [1.807, 2.05) is 24.3 Å². The zero-order chi connectivity index (χ0) is 8.27. The van der Waals surface area contributed by atoms with Gasteiger partial charge in [-0.1, -0.05) is 23.9 Å². The lowest BCUT2D eigenvalue weighted by atomic mass is 10.4. The fourth-order valence-electron chi connectivity index (χ4n) is 0.682. The lowest BCUT2D eigenvalue weighted by molar-refractivity contribution is -0.109. The molecular formula is C8H7IOS. The Morgan fingerprint density at radius 2 is 2.09 bits per heavy atom. The lowest BCUT2D eigenvalue weighted by Crippen LogP contribution is -1.83. The van der Waals surface area contributed by atoms with E-state index in [4.69, 9.17) is 0 Å². The molecule has 1 rings (SSSR count). The van der Waals surface area contributed by atoms with Gasteiger partial charge >= 0.3 is 0 Å². The average molecular weight is 278 g/mol. The van der Waals surface area contributed by atoms with Crippen LogP contribution in [0.2, 0.25) is 0 Å². The number of hydrogen-bond donors (Lipinski definition) is 0. The maximum Gasteiger partial charge on any atom is 0.190 e. The third-order valence-electron chi connectivity index (χ3n) is 1.09. The van der Waals surface area contributed by atoms with E-state index in [0.717, 1.165) is 8.47 Å². The van der Waals surface area contributed by atoms with Crippen molar-refractivity contribution in [3.05, 3.63) is 27.8 Å². The maximum absolute atomic E-state index is 10.7. The van der Waals surface area contributed by atoms with Crippen molar-refractivity contribution in [1.82, 2.24) is 0 Å². The lowest BCUT2D eigenvalue weighted by Gasteiger charge is -1.98. The Morgan fingerprint density at radius 3 is 2.64 bits per heavy atom.